The minimum Gasteiger partial charge on any atom is -0.501 e. The van der Waals surface area contributed by atoms with Gasteiger partial charge in [-0.1, -0.05) is 0 Å². The zero-order valence-electron chi connectivity index (χ0n) is 10.1. The third kappa shape index (κ3) is 2.07. The fraction of sp³-hybridized carbons (Fsp3) is 0.500. The molecule has 98 valence electrons. The first-order chi connectivity index (χ1) is 8.54. The highest BCUT2D eigenvalue weighted by molar-refractivity contribution is 5.89. The van der Waals surface area contributed by atoms with Gasteiger partial charge in [0.15, 0.2) is 5.69 Å². The molecule has 18 heavy (non-hydrogen) atoms. The number of H-pyrrole nitrogens is 1. The Balaban J connectivity index is 2.47. The fourth-order valence-electron chi connectivity index (χ4n) is 1.82. The van der Waals surface area contributed by atoms with Gasteiger partial charge in [-0.05, 0) is 7.05 Å². The number of carbonyl (C=O) groups is 1. The molecule has 1 aliphatic heterocycles. The van der Waals surface area contributed by atoms with Crippen molar-refractivity contribution in [3.8, 4) is 5.75 Å². The number of nitrogens with zero attached hydrogens (tertiary/aromatic N) is 2. The van der Waals surface area contributed by atoms with E-state index in [-0.39, 0.29) is 17.7 Å². The molecule has 1 aromatic heterocycles. The van der Waals surface area contributed by atoms with Gasteiger partial charge in [-0.25, -0.2) is 9.78 Å². The molecule has 0 aromatic carbocycles. The molecule has 1 atom stereocenters. The second-order valence-electron chi connectivity index (χ2n) is 3.98. The second-order valence-corrected chi connectivity index (χ2v) is 3.98. The van der Waals surface area contributed by atoms with Crippen molar-refractivity contribution >= 4 is 5.97 Å². The fourth-order valence-corrected chi connectivity index (χ4v) is 1.82. The molecule has 2 rings (SSSR count). The Bertz CT molecular complexity index is 527. The third-order valence-electron chi connectivity index (χ3n) is 2.79. The van der Waals surface area contributed by atoms with Gasteiger partial charge in [0.25, 0.3) is 5.56 Å². The summed E-state index contributed by atoms with van der Waals surface area (Å²) in [4.78, 5) is 31.3. The predicted molar refractivity (Wildman–Crippen MR) is 61.2 cm³/mol. The summed E-state index contributed by atoms with van der Waals surface area (Å²) in [7, 11) is 3.01. The number of aromatic nitrogens is 2. The molecule has 0 amide bonds. The van der Waals surface area contributed by atoms with Gasteiger partial charge in [0.05, 0.1) is 7.11 Å². The predicted octanol–water partition coefficient (Wildman–Crippen LogP) is -1.20. The van der Waals surface area contributed by atoms with E-state index < -0.39 is 17.3 Å². The van der Waals surface area contributed by atoms with Crippen LogP contribution in [0.1, 0.15) is 22.5 Å². The molecule has 1 unspecified atom stereocenters. The summed E-state index contributed by atoms with van der Waals surface area (Å²) >= 11 is 0. The number of aromatic amines is 1. The topological polar surface area (TPSA) is 108 Å². The van der Waals surface area contributed by atoms with E-state index in [1.165, 1.54) is 0 Å². The van der Waals surface area contributed by atoms with Crippen molar-refractivity contribution in [2.24, 2.45) is 0 Å². The summed E-state index contributed by atoms with van der Waals surface area (Å²) in [5.41, 5.74) is -1.14. The molecular weight excluding hydrogens is 240 g/mol. The number of nitrogens with one attached hydrogen (secondary N) is 2. The Morgan fingerprint density at radius 3 is 2.89 bits per heavy atom. The number of methoxy groups -OCH3 is 1. The van der Waals surface area contributed by atoms with Crippen molar-refractivity contribution in [3.05, 3.63) is 21.9 Å². The molecule has 1 aliphatic rings. The van der Waals surface area contributed by atoms with Crippen molar-refractivity contribution in [1.82, 2.24) is 20.2 Å². The molecule has 0 radical (unpaired) electrons. The molecular formula is C10H14N4O4. The first-order valence-corrected chi connectivity index (χ1v) is 5.39. The van der Waals surface area contributed by atoms with E-state index in [1.54, 1.807) is 0 Å². The standard InChI is InChI=1S/C10H14N4O4/c1-14-4-3-11-8(14)7-12-5(10(17)18-2)6(15)9(16)13-7/h8,11,15H,3-4H2,1-2H3,(H,12,13,16). The first kappa shape index (κ1) is 12.5. The van der Waals surface area contributed by atoms with Crippen LogP contribution in [0.15, 0.2) is 4.79 Å². The van der Waals surface area contributed by atoms with Crippen LogP contribution in [0.2, 0.25) is 0 Å². The maximum atomic E-state index is 11.5. The molecule has 0 aliphatic carbocycles. The number of hydrogen-bond acceptors (Lipinski definition) is 7. The third-order valence-corrected chi connectivity index (χ3v) is 2.79. The van der Waals surface area contributed by atoms with Crippen LogP contribution in [0.5, 0.6) is 5.75 Å². The highest BCUT2D eigenvalue weighted by Crippen LogP contribution is 2.18. The minimum absolute atomic E-state index is 0.276. The Morgan fingerprint density at radius 2 is 2.33 bits per heavy atom. The van der Waals surface area contributed by atoms with Crippen molar-refractivity contribution in [3.63, 3.8) is 0 Å². The number of esters is 1. The lowest BCUT2D eigenvalue weighted by Gasteiger charge is -2.18. The first-order valence-electron chi connectivity index (χ1n) is 5.39. The SMILES string of the molecule is COC(=O)c1nc(C2NCCN2C)[nH]c(=O)c1O. The molecule has 0 spiro atoms. The summed E-state index contributed by atoms with van der Waals surface area (Å²) in [5, 5.41) is 12.6. The minimum atomic E-state index is -0.847. The Labute approximate surface area is 103 Å². The van der Waals surface area contributed by atoms with E-state index in [1.807, 2.05) is 11.9 Å². The maximum Gasteiger partial charge on any atom is 0.360 e. The molecule has 3 N–H and O–H groups in total. The van der Waals surface area contributed by atoms with Crippen LogP contribution < -0.4 is 10.9 Å². The molecule has 8 heteroatoms. The van der Waals surface area contributed by atoms with Crippen molar-refractivity contribution in [2.75, 3.05) is 27.2 Å². The largest absolute Gasteiger partial charge is 0.501 e. The van der Waals surface area contributed by atoms with E-state index in [4.69, 9.17) is 0 Å². The molecule has 2 heterocycles. The Morgan fingerprint density at radius 1 is 1.61 bits per heavy atom. The summed E-state index contributed by atoms with van der Waals surface area (Å²) in [6.45, 7) is 1.54. The van der Waals surface area contributed by atoms with Crippen LogP contribution in [0.25, 0.3) is 0 Å². The lowest BCUT2D eigenvalue weighted by atomic mass is 10.3. The van der Waals surface area contributed by atoms with Crippen LogP contribution in [0.4, 0.5) is 0 Å². The molecule has 8 nitrogen and oxygen atoms in total. The Hall–Kier alpha value is -1.93. The van der Waals surface area contributed by atoms with Gasteiger partial charge in [-0.15, -0.1) is 0 Å². The molecule has 1 fully saturated rings. The molecule has 1 aromatic rings. The smallest absolute Gasteiger partial charge is 0.360 e. The number of aromatic hydroxyl groups is 1. The van der Waals surface area contributed by atoms with Crippen molar-refractivity contribution in [2.45, 2.75) is 6.17 Å². The van der Waals surface area contributed by atoms with Gasteiger partial charge in [0, 0.05) is 13.1 Å². The van der Waals surface area contributed by atoms with Gasteiger partial charge in [-0.2, -0.15) is 0 Å². The summed E-state index contributed by atoms with van der Waals surface area (Å²) in [5.74, 6) is -1.30. The zero-order chi connectivity index (χ0) is 13.3. The van der Waals surface area contributed by atoms with E-state index in [0.717, 1.165) is 20.2 Å². The monoisotopic (exact) mass is 254 g/mol. The Kier molecular flexibility index (Phi) is 3.30. The second kappa shape index (κ2) is 4.75. The number of hydrogen-bond donors (Lipinski definition) is 3. The van der Waals surface area contributed by atoms with Crippen LogP contribution in [-0.2, 0) is 4.74 Å². The average molecular weight is 254 g/mol. The highest BCUT2D eigenvalue weighted by atomic mass is 16.5. The van der Waals surface area contributed by atoms with Crippen LogP contribution >= 0.6 is 0 Å². The lowest BCUT2D eigenvalue weighted by Crippen LogP contribution is -2.29. The van der Waals surface area contributed by atoms with Crippen LogP contribution in [0.3, 0.4) is 0 Å². The van der Waals surface area contributed by atoms with E-state index in [2.05, 4.69) is 20.0 Å². The molecule has 1 saturated heterocycles. The normalized spacial score (nSPS) is 20.0. The maximum absolute atomic E-state index is 11.5. The van der Waals surface area contributed by atoms with Gasteiger partial charge in [-0.3, -0.25) is 15.0 Å². The number of rotatable bonds is 2. The summed E-state index contributed by atoms with van der Waals surface area (Å²) < 4.78 is 4.47. The van der Waals surface area contributed by atoms with E-state index in [0.29, 0.717) is 0 Å². The lowest BCUT2D eigenvalue weighted by molar-refractivity contribution is 0.0588. The number of likely N-dealkylation sites (N-methyl/N-ethyl adjacent to an activating group) is 1. The quantitative estimate of drug-likeness (QED) is 0.569. The van der Waals surface area contributed by atoms with Gasteiger partial charge in [0.2, 0.25) is 5.75 Å². The van der Waals surface area contributed by atoms with E-state index in [9.17, 15) is 14.7 Å². The molecule has 0 saturated carbocycles. The molecule has 0 bridgehead atoms. The summed E-state index contributed by atoms with van der Waals surface area (Å²) in [6, 6.07) is 0. The zero-order valence-corrected chi connectivity index (χ0v) is 10.1. The van der Waals surface area contributed by atoms with Gasteiger partial charge < -0.3 is 14.8 Å². The van der Waals surface area contributed by atoms with Crippen LogP contribution in [0, 0.1) is 0 Å². The van der Waals surface area contributed by atoms with Gasteiger partial charge >= 0.3 is 5.97 Å². The average Bonchev–Trinajstić information content (AvgIpc) is 2.78. The summed E-state index contributed by atoms with van der Waals surface area (Å²) in [6.07, 6.45) is -0.290. The van der Waals surface area contributed by atoms with Crippen molar-refractivity contribution < 1.29 is 14.6 Å². The van der Waals surface area contributed by atoms with Crippen LogP contribution in [-0.4, -0.2) is 53.2 Å². The van der Waals surface area contributed by atoms with E-state index >= 15 is 0 Å². The highest BCUT2D eigenvalue weighted by Gasteiger charge is 2.27. The number of carbonyl (C=O) groups excluding carboxylic acids is 1. The van der Waals surface area contributed by atoms with Gasteiger partial charge in [0.1, 0.15) is 12.0 Å². The number of ether oxygens (including phenoxy) is 1. The van der Waals surface area contributed by atoms with Crippen molar-refractivity contribution in [1.29, 1.82) is 0 Å².